The smallest absolute Gasteiger partial charge is 0.269 e. The highest BCUT2D eigenvalue weighted by molar-refractivity contribution is 7.16. The standard InChI is InChI=1S/C13H10N4O3S/c1-2-11-15-16-10(7-18)12(14-13(16)21-11)8-3-5-9(6-4-8)17(19)20/h3-7H,2H2,1H3. The zero-order chi connectivity index (χ0) is 15.0. The maximum absolute atomic E-state index is 11.3. The molecule has 0 unspecified atom stereocenters. The van der Waals surface area contributed by atoms with Gasteiger partial charge in [-0.2, -0.15) is 9.61 Å². The first-order valence-corrected chi connectivity index (χ1v) is 7.04. The Bertz CT molecular complexity index is 835. The summed E-state index contributed by atoms with van der Waals surface area (Å²) < 4.78 is 1.52. The summed E-state index contributed by atoms with van der Waals surface area (Å²) in [5.74, 6) is 0. The highest BCUT2D eigenvalue weighted by Crippen LogP contribution is 2.27. The van der Waals surface area contributed by atoms with Gasteiger partial charge in [0.2, 0.25) is 4.96 Å². The second-order valence-corrected chi connectivity index (χ2v) is 5.35. The molecule has 0 radical (unpaired) electrons. The van der Waals surface area contributed by atoms with Crippen LogP contribution in [-0.4, -0.2) is 25.8 Å². The quantitative estimate of drug-likeness (QED) is 0.420. The number of carbonyl (C=O) groups is 1. The Hall–Kier alpha value is -2.61. The number of nitro benzene ring substituents is 1. The molecule has 7 nitrogen and oxygen atoms in total. The largest absolute Gasteiger partial charge is 0.296 e. The van der Waals surface area contributed by atoms with Gasteiger partial charge in [-0.1, -0.05) is 18.3 Å². The number of hydrogen-bond acceptors (Lipinski definition) is 6. The van der Waals surface area contributed by atoms with E-state index in [2.05, 4.69) is 10.1 Å². The summed E-state index contributed by atoms with van der Waals surface area (Å²) in [7, 11) is 0. The van der Waals surface area contributed by atoms with Crippen LogP contribution in [0.15, 0.2) is 24.3 Å². The van der Waals surface area contributed by atoms with Crippen LogP contribution in [-0.2, 0) is 6.42 Å². The van der Waals surface area contributed by atoms with E-state index in [1.807, 2.05) is 6.92 Å². The lowest BCUT2D eigenvalue weighted by Gasteiger charge is -1.98. The van der Waals surface area contributed by atoms with E-state index in [1.54, 1.807) is 12.1 Å². The fourth-order valence-electron chi connectivity index (χ4n) is 2.01. The van der Waals surface area contributed by atoms with E-state index in [1.165, 1.54) is 28.0 Å². The van der Waals surface area contributed by atoms with Gasteiger partial charge in [-0.25, -0.2) is 4.98 Å². The minimum absolute atomic E-state index is 0.00109. The van der Waals surface area contributed by atoms with Gasteiger partial charge in [-0.05, 0) is 18.6 Å². The van der Waals surface area contributed by atoms with Crippen LogP contribution < -0.4 is 0 Å². The van der Waals surface area contributed by atoms with Crippen LogP contribution in [0.2, 0.25) is 0 Å². The summed E-state index contributed by atoms with van der Waals surface area (Å²) in [4.78, 5) is 26.6. The number of fused-ring (bicyclic) bond motifs is 1. The second kappa shape index (κ2) is 5.06. The molecule has 0 spiro atoms. The summed E-state index contributed by atoms with van der Waals surface area (Å²) >= 11 is 1.42. The van der Waals surface area contributed by atoms with Crippen molar-refractivity contribution < 1.29 is 9.72 Å². The van der Waals surface area contributed by atoms with Gasteiger partial charge in [-0.3, -0.25) is 14.9 Å². The number of non-ortho nitro benzene ring substituents is 1. The van der Waals surface area contributed by atoms with Gasteiger partial charge >= 0.3 is 0 Å². The fourth-order valence-corrected chi connectivity index (χ4v) is 2.85. The van der Waals surface area contributed by atoms with E-state index in [0.717, 1.165) is 11.4 Å². The zero-order valence-electron chi connectivity index (χ0n) is 11.0. The predicted molar refractivity (Wildman–Crippen MR) is 77.7 cm³/mol. The van der Waals surface area contributed by atoms with Crippen LogP contribution in [0.1, 0.15) is 22.4 Å². The first-order valence-electron chi connectivity index (χ1n) is 6.22. The third-order valence-electron chi connectivity index (χ3n) is 3.05. The van der Waals surface area contributed by atoms with Gasteiger partial charge in [0, 0.05) is 17.7 Å². The average Bonchev–Trinajstić information content (AvgIpc) is 3.03. The van der Waals surface area contributed by atoms with Gasteiger partial charge in [0.15, 0.2) is 6.29 Å². The Kier molecular flexibility index (Phi) is 3.22. The Labute approximate surface area is 123 Å². The van der Waals surface area contributed by atoms with E-state index >= 15 is 0 Å². The number of benzene rings is 1. The Morgan fingerprint density at radius 3 is 2.67 bits per heavy atom. The molecule has 2 aromatic heterocycles. The molecule has 0 atom stereocenters. The lowest BCUT2D eigenvalue weighted by Crippen LogP contribution is -1.95. The van der Waals surface area contributed by atoms with Crippen molar-refractivity contribution in [2.24, 2.45) is 0 Å². The van der Waals surface area contributed by atoms with Crippen LogP contribution in [0, 0.1) is 10.1 Å². The van der Waals surface area contributed by atoms with E-state index in [0.29, 0.717) is 28.2 Å². The summed E-state index contributed by atoms with van der Waals surface area (Å²) in [6, 6.07) is 5.95. The average molecular weight is 302 g/mol. The van der Waals surface area contributed by atoms with Crippen LogP contribution in [0.5, 0.6) is 0 Å². The molecule has 0 aliphatic rings. The van der Waals surface area contributed by atoms with Crippen LogP contribution >= 0.6 is 11.3 Å². The number of imidazole rings is 1. The van der Waals surface area contributed by atoms with Gasteiger partial charge in [-0.15, -0.1) is 0 Å². The molecule has 106 valence electrons. The Morgan fingerprint density at radius 2 is 2.10 bits per heavy atom. The molecule has 0 fully saturated rings. The first-order chi connectivity index (χ1) is 10.1. The number of hydrogen-bond donors (Lipinski definition) is 0. The molecule has 0 aliphatic carbocycles. The molecule has 0 amide bonds. The van der Waals surface area contributed by atoms with Gasteiger partial charge in [0.25, 0.3) is 5.69 Å². The maximum Gasteiger partial charge on any atom is 0.269 e. The number of rotatable bonds is 4. The summed E-state index contributed by atoms with van der Waals surface area (Å²) in [5, 5.41) is 15.9. The molecule has 0 aliphatic heterocycles. The highest BCUT2D eigenvalue weighted by Gasteiger charge is 2.17. The van der Waals surface area contributed by atoms with Crippen molar-refractivity contribution in [1.82, 2.24) is 14.6 Å². The van der Waals surface area contributed by atoms with Crippen molar-refractivity contribution in [2.75, 3.05) is 0 Å². The molecule has 21 heavy (non-hydrogen) atoms. The Balaban J connectivity index is 2.13. The minimum Gasteiger partial charge on any atom is -0.296 e. The van der Waals surface area contributed by atoms with Crippen molar-refractivity contribution in [3.8, 4) is 11.3 Å². The van der Waals surface area contributed by atoms with Crippen molar-refractivity contribution in [3.05, 3.63) is 45.1 Å². The van der Waals surface area contributed by atoms with E-state index in [-0.39, 0.29) is 5.69 Å². The van der Waals surface area contributed by atoms with E-state index in [4.69, 9.17) is 0 Å². The minimum atomic E-state index is -0.467. The monoisotopic (exact) mass is 302 g/mol. The molecule has 8 heteroatoms. The number of carbonyl (C=O) groups excluding carboxylic acids is 1. The number of aromatic nitrogens is 3. The molecule has 2 heterocycles. The molecule has 3 rings (SSSR count). The number of aryl methyl sites for hydroxylation is 1. The lowest BCUT2D eigenvalue weighted by atomic mass is 10.1. The fraction of sp³-hybridized carbons (Fsp3) is 0.154. The van der Waals surface area contributed by atoms with Gasteiger partial charge < -0.3 is 0 Å². The third-order valence-corrected chi connectivity index (χ3v) is 4.10. The lowest BCUT2D eigenvalue weighted by molar-refractivity contribution is -0.384. The van der Waals surface area contributed by atoms with E-state index < -0.39 is 4.92 Å². The van der Waals surface area contributed by atoms with Gasteiger partial charge in [0.1, 0.15) is 16.4 Å². The molecule has 1 aromatic carbocycles. The third kappa shape index (κ3) is 2.19. The SMILES string of the molecule is CCc1nn2c(C=O)c(-c3ccc([N+](=O)[O-])cc3)nc2s1. The number of aldehydes is 1. The summed E-state index contributed by atoms with van der Waals surface area (Å²) in [6.07, 6.45) is 1.48. The normalized spacial score (nSPS) is 10.9. The summed E-state index contributed by atoms with van der Waals surface area (Å²) in [5.41, 5.74) is 1.49. The number of nitrogens with zero attached hydrogens (tertiary/aromatic N) is 4. The first kappa shape index (κ1) is 13.4. The molecule has 0 N–H and O–H groups in total. The molecule has 0 bridgehead atoms. The molecule has 3 aromatic rings. The second-order valence-electron chi connectivity index (χ2n) is 4.31. The number of nitro groups is 1. The molecular weight excluding hydrogens is 292 g/mol. The van der Waals surface area contributed by atoms with Crippen LogP contribution in [0.4, 0.5) is 5.69 Å². The van der Waals surface area contributed by atoms with Crippen LogP contribution in [0.25, 0.3) is 16.2 Å². The molecule has 0 saturated carbocycles. The maximum atomic E-state index is 11.3. The molecular formula is C13H10N4O3S. The highest BCUT2D eigenvalue weighted by atomic mass is 32.1. The van der Waals surface area contributed by atoms with E-state index in [9.17, 15) is 14.9 Å². The van der Waals surface area contributed by atoms with Crippen LogP contribution in [0.3, 0.4) is 0 Å². The zero-order valence-corrected chi connectivity index (χ0v) is 11.8. The Morgan fingerprint density at radius 1 is 1.38 bits per heavy atom. The van der Waals surface area contributed by atoms with Crippen molar-refractivity contribution in [3.63, 3.8) is 0 Å². The van der Waals surface area contributed by atoms with Crippen molar-refractivity contribution in [1.29, 1.82) is 0 Å². The van der Waals surface area contributed by atoms with Crippen molar-refractivity contribution >= 4 is 28.3 Å². The topological polar surface area (TPSA) is 90.4 Å². The predicted octanol–water partition coefficient (Wildman–Crippen LogP) is 2.74. The summed E-state index contributed by atoms with van der Waals surface area (Å²) in [6.45, 7) is 1.98. The molecule has 0 saturated heterocycles. The van der Waals surface area contributed by atoms with Gasteiger partial charge in [0.05, 0.1) is 4.92 Å². The van der Waals surface area contributed by atoms with Crippen molar-refractivity contribution in [2.45, 2.75) is 13.3 Å².